The molecule has 7 nitrogen and oxygen atoms in total. The SMILES string of the molecule is O=C(c1ccc2c(c1)OCO2)N1CCC(n2nccn2)C1. The van der Waals surface area contributed by atoms with Gasteiger partial charge >= 0.3 is 0 Å². The van der Waals surface area contributed by atoms with Gasteiger partial charge in [-0.1, -0.05) is 0 Å². The summed E-state index contributed by atoms with van der Waals surface area (Å²) in [6.45, 7) is 1.55. The van der Waals surface area contributed by atoms with E-state index in [4.69, 9.17) is 9.47 Å². The van der Waals surface area contributed by atoms with Crippen LogP contribution in [0.1, 0.15) is 22.8 Å². The topological polar surface area (TPSA) is 69.5 Å². The Labute approximate surface area is 121 Å². The number of amides is 1. The molecular formula is C14H14N4O3. The number of carbonyl (C=O) groups is 1. The third-order valence-electron chi connectivity index (χ3n) is 3.83. The summed E-state index contributed by atoms with van der Waals surface area (Å²) in [5, 5.41) is 8.29. The molecule has 0 aliphatic carbocycles. The Bertz CT molecular complexity index is 671. The van der Waals surface area contributed by atoms with Crippen LogP contribution < -0.4 is 9.47 Å². The zero-order chi connectivity index (χ0) is 14.2. The van der Waals surface area contributed by atoms with Crippen molar-refractivity contribution in [2.45, 2.75) is 12.5 Å². The van der Waals surface area contributed by atoms with Crippen molar-refractivity contribution in [3.05, 3.63) is 36.2 Å². The second-order valence-corrected chi connectivity index (χ2v) is 5.11. The van der Waals surface area contributed by atoms with Crippen LogP contribution in [-0.2, 0) is 0 Å². The standard InChI is InChI=1S/C14H14N4O3/c19-14(10-1-2-12-13(7-10)21-9-20-12)17-6-3-11(8-17)18-15-4-5-16-18/h1-2,4-5,7,11H,3,6,8-9H2. The van der Waals surface area contributed by atoms with E-state index in [9.17, 15) is 4.79 Å². The van der Waals surface area contributed by atoms with Crippen LogP contribution in [0.2, 0.25) is 0 Å². The summed E-state index contributed by atoms with van der Waals surface area (Å²) in [4.78, 5) is 16.0. The third kappa shape index (κ3) is 2.10. The van der Waals surface area contributed by atoms with E-state index in [1.807, 2.05) is 4.90 Å². The van der Waals surface area contributed by atoms with Crippen molar-refractivity contribution < 1.29 is 14.3 Å². The largest absolute Gasteiger partial charge is 0.454 e. The van der Waals surface area contributed by atoms with E-state index in [2.05, 4.69) is 10.2 Å². The first kappa shape index (κ1) is 12.2. The van der Waals surface area contributed by atoms with Gasteiger partial charge in [-0.25, -0.2) is 0 Å². The highest BCUT2D eigenvalue weighted by Gasteiger charge is 2.29. The Morgan fingerprint density at radius 3 is 2.86 bits per heavy atom. The Hall–Kier alpha value is -2.57. The average molecular weight is 286 g/mol. The van der Waals surface area contributed by atoms with Gasteiger partial charge in [-0.15, -0.1) is 0 Å². The Morgan fingerprint density at radius 1 is 1.19 bits per heavy atom. The molecule has 0 spiro atoms. The molecule has 4 rings (SSSR count). The first-order valence-electron chi connectivity index (χ1n) is 6.86. The van der Waals surface area contributed by atoms with Crippen LogP contribution in [0.4, 0.5) is 0 Å². The van der Waals surface area contributed by atoms with Crippen molar-refractivity contribution in [3.8, 4) is 11.5 Å². The van der Waals surface area contributed by atoms with Gasteiger partial charge in [-0.05, 0) is 24.6 Å². The van der Waals surface area contributed by atoms with Crippen LogP contribution in [0.5, 0.6) is 11.5 Å². The number of aromatic nitrogens is 3. The maximum Gasteiger partial charge on any atom is 0.254 e. The van der Waals surface area contributed by atoms with E-state index in [0.717, 1.165) is 6.42 Å². The van der Waals surface area contributed by atoms with E-state index >= 15 is 0 Å². The molecule has 3 heterocycles. The van der Waals surface area contributed by atoms with Gasteiger partial charge in [-0.3, -0.25) is 4.79 Å². The lowest BCUT2D eigenvalue weighted by atomic mass is 10.2. The Kier molecular flexibility index (Phi) is 2.77. The van der Waals surface area contributed by atoms with Crippen molar-refractivity contribution in [1.82, 2.24) is 19.9 Å². The number of hydrogen-bond acceptors (Lipinski definition) is 5. The normalized spacial score (nSPS) is 20.0. The summed E-state index contributed by atoms with van der Waals surface area (Å²) < 4.78 is 10.6. The summed E-state index contributed by atoms with van der Waals surface area (Å²) in [5.74, 6) is 1.32. The molecule has 1 aromatic carbocycles. The first-order chi connectivity index (χ1) is 10.3. The van der Waals surface area contributed by atoms with Gasteiger partial charge in [0, 0.05) is 18.7 Å². The zero-order valence-corrected chi connectivity index (χ0v) is 11.3. The summed E-state index contributed by atoms with van der Waals surface area (Å²) in [6, 6.07) is 5.44. The van der Waals surface area contributed by atoms with E-state index in [1.54, 1.807) is 35.4 Å². The highest BCUT2D eigenvalue weighted by molar-refractivity contribution is 5.95. The van der Waals surface area contributed by atoms with Crippen molar-refractivity contribution in [2.75, 3.05) is 19.9 Å². The summed E-state index contributed by atoms with van der Waals surface area (Å²) in [7, 11) is 0. The third-order valence-corrected chi connectivity index (χ3v) is 3.83. The molecule has 21 heavy (non-hydrogen) atoms. The number of rotatable bonds is 2. The van der Waals surface area contributed by atoms with Crippen LogP contribution in [0.25, 0.3) is 0 Å². The van der Waals surface area contributed by atoms with Crippen LogP contribution in [0.3, 0.4) is 0 Å². The molecule has 2 aliphatic rings. The minimum atomic E-state index is 0.00274. The molecule has 2 aromatic rings. The van der Waals surface area contributed by atoms with Gasteiger partial charge in [0.15, 0.2) is 11.5 Å². The van der Waals surface area contributed by atoms with E-state index < -0.39 is 0 Å². The van der Waals surface area contributed by atoms with Gasteiger partial charge in [0.25, 0.3) is 5.91 Å². The van der Waals surface area contributed by atoms with E-state index in [0.29, 0.717) is 30.2 Å². The van der Waals surface area contributed by atoms with E-state index in [-0.39, 0.29) is 18.7 Å². The molecular weight excluding hydrogens is 272 g/mol. The minimum absolute atomic E-state index is 0.00274. The molecule has 0 radical (unpaired) electrons. The van der Waals surface area contributed by atoms with Crippen molar-refractivity contribution in [3.63, 3.8) is 0 Å². The van der Waals surface area contributed by atoms with Gasteiger partial charge in [0.05, 0.1) is 18.4 Å². The van der Waals surface area contributed by atoms with Crippen LogP contribution in [0, 0.1) is 0 Å². The van der Waals surface area contributed by atoms with Crippen LogP contribution >= 0.6 is 0 Å². The predicted molar refractivity (Wildman–Crippen MR) is 72.1 cm³/mol. The van der Waals surface area contributed by atoms with Crippen molar-refractivity contribution in [2.24, 2.45) is 0 Å². The van der Waals surface area contributed by atoms with Gasteiger partial charge < -0.3 is 14.4 Å². The molecule has 1 saturated heterocycles. The zero-order valence-electron chi connectivity index (χ0n) is 11.3. The molecule has 2 aliphatic heterocycles. The molecule has 1 aromatic heterocycles. The highest BCUT2D eigenvalue weighted by atomic mass is 16.7. The summed E-state index contributed by atoms with van der Waals surface area (Å²) >= 11 is 0. The van der Waals surface area contributed by atoms with Gasteiger partial charge in [-0.2, -0.15) is 15.0 Å². The van der Waals surface area contributed by atoms with Crippen LogP contribution in [0.15, 0.2) is 30.6 Å². The fraction of sp³-hybridized carbons (Fsp3) is 0.357. The number of benzene rings is 1. The smallest absolute Gasteiger partial charge is 0.254 e. The monoisotopic (exact) mass is 286 g/mol. The fourth-order valence-electron chi connectivity index (χ4n) is 2.74. The fourth-order valence-corrected chi connectivity index (χ4v) is 2.74. The quantitative estimate of drug-likeness (QED) is 0.826. The molecule has 1 amide bonds. The van der Waals surface area contributed by atoms with Gasteiger partial charge in [0.2, 0.25) is 6.79 Å². The lowest BCUT2D eigenvalue weighted by Gasteiger charge is -2.16. The molecule has 0 bridgehead atoms. The number of fused-ring (bicyclic) bond motifs is 1. The summed E-state index contributed by atoms with van der Waals surface area (Å²) in [6.07, 6.45) is 4.18. The molecule has 0 N–H and O–H groups in total. The number of nitrogens with zero attached hydrogens (tertiary/aromatic N) is 4. The Morgan fingerprint density at radius 2 is 2.00 bits per heavy atom. The second kappa shape index (κ2) is 4.76. The average Bonchev–Trinajstić information content (AvgIpc) is 3.24. The van der Waals surface area contributed by atoms with Gasteiger partial charge in [0.1, 0.15) is 0 Å². The minimum Gasteiger partial charge on any atom is -0.454 e. The summed E-state index contributed by atoms with van der Waals surface area (Å²) in [5.41, 5.74) is 0.619. The Balaban J connectivity index is 1.51. The molecule has 1 unspecified atom stereocenters. The molecule has 7 heteroatoms. The lowest BCUT2D eigenvalue weighted by molar-refractivity contribution is 0.0785. The second-order valence-electron chi connectivity index (χ2n) is 5.11. The maximum absolute atomic E-state index is 12.5. The number of carbonyl (C=O) groups excluding carboxylic acids is 1. The molecule has 1 fully saturated rings. The number of hydrogen-bond donors (Lipinski definition) is 0. The van der Waals surface area contributed by atoms with Crippen molar-refractivity contribution >= 4 is 5.91 Å². The molecule has 0 saturated carbocycles. The number of ether oxygens (including phenoxy) is 2. The van der Waals surface area contributed by atoms with Crippen molar-refractivity contribution in [1.29, 1.82) is 0 Å². The molecule has 108 valence electrons. The van der Waals surface area contributed by atoms with Crippen LogP contribution in [-0.4, -0.2) is 45.7 Å². The predicted octanol–water partition coefficient (Wildman–Crippen LogP) is 1.09. The highest BCUT2D eigenvalue weighted by Crippen LogP contribution is 2.33. The van der Waals surface area contributed by atoms with E-state index in [1.165, 1.54) is 0 Å². The molecule has 1 atom stereocenters. The maximum atomic E-state index is 12.5. The number of likely N-dealkylation sites (tertiary alicyclic amines) is 1. The lowest BCUT2D eigenvalue weighted by Crippen LogP contribution is -2.29. The first-order valence-corrected chi connectivity index (χ1v) is 6.86.